The van der Waals surface area contributed by atoms with Crippen LogP contribution >= 0.6 is 27.5 Å². The molecule has 1 atom stereocenters. The number of carbonyl (C=O) groups excluding carboxylic acids is 1. The summed E-state index contributed by atoms with van der Waals surface area (Å²) in [6.07, 6.45) is 3.80. The number of halogens is 2. The van der Waals surface area contributed by atoms with Gasteiger partial charge in [0.2, 0.25) is 0 Å². The van der Waals surface area contributed by atoms with Gasteiger partial charge in [-0.1, -0.05) is 53.9 Å². The van der Waals surface area contributed by atoms with E-state index in [0.29, 0.717) is 17.2 Å². The Morgan fingerprint density at radius 1 is 1.50 bits per heavy atom. The third kappa shape index (κ3) is 2.97. The van der Waals surface area contributed by atoms with Crippen LogP contribution in [0.5, 0.6) is 0 Å². The Labute approximate surface area is 122 Å². The maximum Gasteiger partial charge on any atom is 0.140 e. The Balaban J connectivity index is 2.12. The van der Waals surface area contributed by atoms with E-state index in [1.54, 1.807) is 0 Å². The van der Waals surface area contributed by atoms with Crippen LogP contribution in [0, 0.1) is 11.3 Å². The molecule has 0 amide bonds. The number of benzene rings is 1. The second-order valence-corrected chi connectivity index (χ2v) is 7.14. The lowest BCUT2D eigenvalue weighted by Gasteiger charge is -2.25. The summed E-state index contributed by atoms with van der Waals surface area (Å²) in [6, 6.07) is 5.73. The molecule has 2 rings (SSSR count). The molecule has 1 aliphatic carbocycles. The summed E-state index contributed by atoms with van der Waals surface area (Å²) in [5.74, 6) is 0.527. The first-order valence-electron chi connectivity index (χ1n) is 6.37. The molecule has 1 saturated carbocycles. The van der Waals surface area contributed by atoms with E-state index in [1.807, 2.05) is 18.2 Å². The fourth-order valence-electron chi connectivity index (χ4n) is 2.90. The van der Waals surface area contributed by atoms with Crippen LogP contribution < -0.4 is 0 Å². The minimum atomic E-state index is 0.152. The van der Waals surface area contributed by atoms with Gasteiger partial charge < -0.3 is 0 Å². The number of carbonyl (C=O) groups is 1. The van der Waals surface area contributed by atoms with Gasteiger partial charge in [-0.25, -0.2) is 0 Å². The van der Waals surface area contributed by atoms with Gasteiger partial charge in [-0.05, 0) is 36.0 Å². The van der Waals surface area contributed by atoms with Crippen LogP contribution in [0.1, 0.15) is 38.7 Å². The molecule has 1 fully saturated rings. The molecule has 0 aliphatic heterocycles. The Kier molecular flexibility index (Phi) is 4.18. The van der Waals surface area contributed by atoms with Crippen molar-refractivity contribution >= 4 is 33.3 Å². The highest BCUT2D eigenvalue weighted by Crippen LogP contribution is 2.43. The van der Waals surface area contributed by atoms with Gasteiger partial charge in [0.05, 0.1) is 0 Å². The SMILES string of the molecule is CC1(C)CCCC1C(=O)Cc1ccc(Br)cc1Cl. The molecule has 0 saturated heterocycles. The molecule has 98 valence electrons. The van der Waals surface area contributed by atoms with Gasteiger partial charge in [0.1, 0.15) is 5.78 Å². The molecular weight excluding hydrogens is 312 g/mol. The first kappa shape index (κ1) is 14.1. The maximum absolute atomic E-state index is 12.4. The van der Waals surface area contributed by atoms with Crippen LogP contribution in [-0.2, 0) is 11.2 Å². The van der Waals surface area contributed by atoms with E-state index < -0.39 is 0 Å². The van der Waals surface area contributed by atoms with E-state index in [-0.39, 0.29) is 11.3 Å². The molecule has 1 aromatic rings. The summed E-state index contributed by atoms with van der Waals surface area (Å²) in [6.45, 7) is 4.40. The molecular formula is C15H18BrClO. The van der Waals surface area contributed by atoms with Gasteiger partial charge >= 0.3 is 0 Å². The van der Waals surface area contributed by atoms with Crippen LogP contribution in [0.3, 0.4) is 0 Å². The molecule has 1 aliphatic rings. The number of hydrogen-bond donors (Lipinski definition) is 0. The van der Waals surface area contributed by atoms with Crippen molar-refractivity contribution in [1.82, 2.24) is 0 Å². The van der Waals surface area contributed by atoms with E-state index in [4.69, 9.17) is 11.6 Å². The predicted octanol–water partition coefficient (Wildman–Crippen LogP) is 5.04. The summed E-state index contributed by atoms with van der Waals surface area (Å²) in [5.41, 5.74) is 1.09. The number of hydrogen-bond acceptors (Lipinski definition) is 1. The van der Waals surface area contributed by atoms with E-state index >= 15 is 0 Å². The Hall–Kier alpha value is -0.340. The van der Waals surface area contributed by atoms with Crippen molar-refractivity contribution in [2.75, 3.05) is 0 Å². The van der Waals surface area contributed by atoms with Crippen molar-refractivity contribution < 1.29 is 4.79 Å². The van der Waals surface area contributed by atoms with Crippen molar-refractivity contribution in [3.63, 3.8) is 0 Å². The van der Waals surface area contributed by atoms with Crippen LogP contribution in [0.2, 0.25) is 5.02 Å². The van der Waals surface area contributed by atoms with Crippen molar-refractivity contribution in [3.05, 3.63) is 33.3 Å². The van der Waals surface area contributed by atoms with E-state index in [2.05, 4.69) is 29.8 Å². The summed E-state index contributed by atoms with van der Waals surface area (Å²) in [4.78, 5) is 12.4. The van der Waals surface area contributed by atoms with Crippen molar-refractivity contribution in [2.24, 2.45) is 11.3 Å². The predicted molar refractivity (Wildman–Crippen MR) is 79.0 cm³/mol. The summed E-state index contributed by atoms with van der Waals surface area (Å²) in [7, 11) is 0. The summed E-state index contributed by atoms with van der Waals surface area (Å²) in [5, 5.41) is 0.675. The van der Waals surface area contributed by atoms with Crippen LogP contribution in [0.25, 0.3) is 0 Å². The van der Waals surface area contributed by atoms with Crippen molar-refractivity contribution in [3.8, 4) is 0 Å². The Bertz CT molecular complexity index is 468. The molecule has 0 radical (unpaired) electrons. The summed E-state index contributed by atoms with van der Waals surface area (Å²) >= 11 is 9.55. The summed E-state index contributed by atoms with van der Waals surface area (Å²) < 4.78 is 0.949. The molecule has 0 aromatic heterocycles. The lowest BCUT2D eigenvalue weighted by Crippen LogP contribution is -2.27. The second kappa shape index (κ2) is 5.34. The van der Waals surface area contributed by atoms with Gasteiger partial charge in [0.15, 0.2) is 0 Å². The fraction of sp³-hybridized carbons (Fsp3) is 0.533. The zero-order chi connectivity index (χ0) is 13.3. The third-order valence-electron chi connectivity index (χ3n) is 4.03. The molecule has 1 unspecified atom stereocenters. The standard InChI is InChI=1S/C15H18BrClO/c1-15(2)7-3-4-12(15)14(18)8-10-5-6-11(16)9-13(10)17/h5-6,9,12H,3-4,7-8H2,1-2H3. The topological polar surface area (TPSA) is 17.1 Å². The molecule has 0 bridgehead atoms. The van der Waals surface area contributed by atoms with Crippen LogP contribution in [0.4, 0.5) is 0 Å². The number of rotatable bonds is 3. The van der Waals surface area contributed by atoms with Gasteiger partial charge in [-0.2, -0.15) is 0 Å². The zero-order valence-electron chi connectivity index (χ0n) is 10.8. The highest BCUT2D eigenvalue weighted by Gasteiger charge is 2.38. The van der Waals surface area contributed by atoms with E-state index in [1.165, 1.54) is 0 Å². The van der Waals surface area contributed by atoms with Gasteiger partial charge in [-0.15, -0.1) is 0 Å². The third-order valence-corrected chi connectivity index (χ3v) is 4.87. The van der Waals surface area contributed by atoms with E-state index in [9.17, 15) is 4.79 Å². The molecule has 0 spiro atoms. The largest absolute Gasteiger partial charge is 0.299 e. The fourth-order valence-corrected chi connectivity index (χ4v) is 3.64. The first-order chi connectivity index (χ1) is 8.40. The minimum Gasteiger partial charge on any atom is -0.299 e. The molecule has 0 heterocycles. The lowest BCUT2D eigenvalue weighted by atomic mass is 9.78. The molecule has 1 nitrogen and oxygen atoms in total. The quantitative estimate of drug-likeness (QED) is 0.759. The highest BCUT2D eigenvalue weighted by molar-refractivity contribution is 9.10. The van der Waals surface area contributed by atoms with Crippen LogP contribution in [0.15, 0.2) is 22.7 Å². The average Bonchev–Trinajstić information content (AvgIpc) is 2.62. The zero-order valence-corrected chi connectivity index (χ0v) is 13.1. The van der Waals surface area contributed by atoms with Crippen molar-refractivity contribution in [1.29, 1.82) is 0 Å². The molecule has 18 heavy (non-hydrogen) atoms. The van der Waals surface area contributed by atoms with Crippen molar-refractivity contribution in [2.45, 2.75) is 39.5 Å². The molecule has 3 heteroatoms. The second-order valence-electron chi connectivity index (χ2n) is 5.81. The minimum absolute atomic E-state index is 0.152. The van der Waals surface area contributed by atoms with Gasteiger partial charge in [0.25, 0.3) is 0 Å². The molecule has 1 aromatic carbocycles. The monoisotopic (exact) mass is 328 g/mol. The maximum atomic E-state index is 12.4. The Morgan fingerprint density at radius 2 is 2.22 bits per heavy atom. The van der Waals surface area contributed by atoms with Crippen LogP contribution in [-0.4, -0.2) is 5.78 Å². The Morgan fingerprint density at radius 3 is 2.78 bits per heavy atom. The molecule has 0 N–H and O–H groups in total. The average molecular weight is 330 g/mol. The first-order valence-corrected chi connectivity index (χ1v) is 7.54. The van der Waals surface area contributed by atoms with E-state index in [0.717, 1.165) is 29.3 Å². The number of Topliss-reactive ketones (excluding diaryl/α,β-unsaturated/α-hetero) is 1. The lowest BCUT2D eigenvalue weighted by molar-refractivity contribution is -0.124. The smallest absolute Gasteiger partial charge is 0.140 e. The normalized spacial score (nSPS) is 22.1. The highest BCUT2D eigenvalue weighted by atomic mass is 79.9. The van der Waals surface area contributed by atoms with Gasteiger partial charge in [-0.3, -0.25) is 4.79 Å². The van der Waals surface area contributed by atoms with Gasteiger partial charge in [0, 0.05) is 21.8 Å². The number of ketones is 1.